The average Bonchev–Trinajstić information content (AvgIpc) is 2.97. The minimum Gasteiger partial charge on any atom is -0.368 e. The van der Waals surface area contributed by atoms with E-state index in [4.69, 9.17) is 5.73 Å². The van der Waals surface area contributed by atoms with Crippen LogP contribution in [-0.2, 0) is 0 Å². The lowest BCUT2D eigenvalue weighted by molar-refractivity contribution is 0.214. The Morgan fingerprint density at radius 3 is 2.59 bits per heavy atom. The van der Waals surface area contributed by atoms with Crippen LogP contribution in [0.1, 0.15) is 6.42 Å². The summed E-state index contributed by atoms with van der Waals surface area (Å²) in [6, 6.07) is 14.5. The summed E-state index contributed by atoms with van der Waals surface area (Å²) in [5.74, 6) is 0.598. The molecule has 1 fully saturated rings. The lowest BCUT2D eigenvalue weighted by Crippen LogP contribution is -2.50. The second-order valence-corrected chi connectivity index (χ2v) is 9.62. The van der Waals surface area contributed by atoms with Crippen LogP contribution in [0, 0.1) is 5.82 Å². The summed E-state index contributed by atoms with van der Waals surface area (Å²) in [5.41, 5.74) is 10.1. The first-order valence-electron chi connectivity index (χ1n) is 13.1. The van der Waals surface area contributed by atoms with Gasteiger partial charge in [0.15, 0.2) is 0 Å². The van der Waals surface area contributed by atoms with Crippen LogP contribution in [0.2, 0.25) is 0 Å². The molecule has 0 spiro atoms. The molecular formula is C29H34FN9. The summed E-state index contributed by atoms with van der Waals surface area (Å²) < 4.78 is 14.5. The van der Waals surface area contributed by atoms with E-state index in [1.807, 2.05) is 30.3 Å². The Kier molecular flexibility index (Phi) is 8.02. The summed E-state index contributed by atoms with van der Waals surface area (Å²) in [7, 11) is 2.10. The molecule has 3 aromatic rings. The van der Waals surface area contributed by atoms with Crippen molar-refractivity contribution in [1.82, 2.24) is 19.8 Å². The third-order valence-electron chi connectivity index (χ3n) is 6.86. The van der Waals surface area contributed by atoms with Crippen molar-refractivity contribution in [2.24, 2.45) is 10.8 Å². The molecule has 0 aliphatic carbocycles. The lowest BCUT2D eigenvalue weighted by atomic mass is 10.1. The molecule has 2 aliphatic rings. The molecule has 0 atom stereocenters. The molecular weight excluding hydrogens is 493 g/mol. The van der Waals surface area contributed by atoms with Crippen molar-refractivity contribution >= 4 is 29.0 Å². The normalized spacial score (nSPS) is 16.3. The average molecular weight is 528 g/mol. The van der Waals surface area contributed by atoms with Gasteiger partial charge in [-0.2, -0.15) is 0 Å². The highest BCUT2D eigenvalue weighted by atomic mass is 19.1. The minimum absolute atomic E-state index is 0.288. The monoisotopic (exact) mass is 527 g/mol. The summed E-state index contributed by atoms with van der Waals surface area (Å²) in [4.78, 5) is 15.5. The quantitative estimate of drug-likeness (QED) is 0.204. The van der Waals surface area contributed by atoms with Gasteiger partial charge in [-0.05, 0) is 62.0 Å². The Bertz CT molecular complexity index is 1350. The molecule has 1 aromatic heterocycles. The zero-order chi connectivity index (χ0) is 27.2. The van der Waals surface area contributed by atoms with Crippen LogP contribution in [0.4, 0.5) is 27.4 Å². The van der Waals surface area contributed by atoms with Gasteiger partial charge in [0.05, 0.1) is 11.4 Å². The number of rotatable bonds is 7. The van der Waals surface area contributed by atoms with E-state index in [9.17, 15) is 4.39 Å². The zero-order valence-corrected chi connectivity index (χ0v) is 22.2. The highest BCUT2D eigenvalue weighted by Crippen LogP contribution is 2.27. The number of hydrogen-bond donors (Lipinski definition) is 2. The fraction of sp³-hybridized carbons (Fsp3) is 0.276. The van der Waals surface area contributed by atoms with Crippen LogP contribution < -0.4 is 21.0 Å². The van der Waals surface area contributed by atoms with E-state index >= 15 is 0 Å². The van der Waals surface area contributed by atoms with E-state index in [0.29, 0.717) is 23.2 Å². The number of nitrogens with zero attached hydrogens (tertiary/aromatic N) is 7. The van der Waals surface area contributed by atoms with E-state index in [2.05, 4.69) is 60.9 Å². The first kappa shape index (κ1) is 26.2. The molecule has 39 heavy (non-hydrogen) atoms. The molecule has 0 radical (unpaired) electrons. The topological polar surface area (TPSA) is 89.2 Å². The highest BCUT2D eigenvalue weighted by molar-refractivity contribution is 5.79. The second-order valence-electron chi connectivity index (χ2n) is 9.62. The zero-order valence-electron chi connectivity index (χ0n) is 22.2. The summed E-state index contributed by atoms with van der Waals surface area (Å²) in [6.45, 7) is 9.10. The predicted octanol–water partition coefficient (Wildman–Crippen LogP) is 4.22. The van der Waals surface area contributed by atoms with Crippen LogP contribution >= 0.6 is 0 Å². The Morgan fingerprint density at radius 1 is 1.08 bits per heavy atom. The number of nitrogens with two attached hydrogens (primary N) is 1. The Labute approximate surface area is 228 Å². The smallest absolute Gasteiger partial charge is 0.227 e. The van der Waals surface area contributed by atoms with Crippen LogP contribution in [-0.4, -0.2) is 72.0 Å². The molecule has 0 amide bonds. The maximum Gasteiger partial charge on any atom is 0.227 e. The highest BCUT2D eigenvalue weighted by Gasteiger charge is 2.17. The summed E-state index contributed by atoms with van der Waals surface area (Å²) >= 11 is 0. The first-order valence-corrected chi connectivity index (χ1v) is 13.1. The number of halogens is 1. The Balaban J connectivity index is 1.28. The van der Waals surface area contributed by atoms with Crippen molar-refractivity contribution < 1.29 is 4.39 Å². The van der Waals surface area contributed by atoms with Gasteiger partial charge in [-0.25, -0.2) is 19.4 Å². The number of benzene rings is 2. The Morgan fingerprint density at radius 2 is 1.87 bits per heavy atom. The third kappa shape index (κ3) is 6.53. The van der Waals surface area contributed by atoms with Crippen molar-refractivity contribution in [2.45, 2.75) is 6.42 Å². The molecule has 0 unspecified atom stereocenters. The molecule has 1 saturated heterocycles. The number of guanidine groups is 1. The fourth-order valence-electron chi connectivity index (χ4n) is 4.60. The van der Waals surface area contributed by atoms with Crippen molar-refractivity contribution in [3.63, 3.8) is 0 Å². The SMILES string of the molecule is C=CN(/N=C(\N)N1CCN(C)CC1)c1ccc(Nc2nccc(-c3cc(F)cc(N4CC=CCC4)c3)n2)cc1. The lowest BCUT2D eigenvalue weighted by Gasteiger charge is -2.33. The van der Waals surface area contributed by atoms with Crippen LogP contribution in [0.15, 0.2) is 84.8 Å². The van der Waals surface area contributed by atoms with Gasteiger partial charge in [-0.3, -0.25) is 0 Å². The van der Waals surface area contributed by atoms with Crippen molar-refractivity contribution in [1.29, 1.82) is 0 Å². The van der Waals surface area contributed by atoms with Crippen molar-refractivity contribution in [3.8, 4) is 11.3 Å². The fourth-order valence-corrected chi connectivity index (χ4v) is 4.60. The van der Waals surface area contributed by atoms with Gasteiger partial charge >= 0.3 is 0 Å². The molecule has 5 rings (SSSR count). The predicted molar refractivity (Wildman–Crippen MR) is 156 cm³/mol. The second kappa shape index (κ2) is 12.0. The molecule has 2 aromatic carbocycles. The largest absolute Gasteiger partial charge is 0.368 e. The first-order chi connectivity index (χ1) is 19.0. The molecule has 0 saturated carbocycles. The maximum absolute atomic E-state index is 14.5. The summed E-state index contributed by atoms with van der Waals surface area (Å²) in [5, 5.41) is 9.45. The van der Waals surface area contributed by atoms with Gasteiger partial charge in [-0.15, -0.1) is 5.10 Å². The standard InChI is InChI=1S/C29H34FN9/c1-3-39(35-28(31)38-17-15-36(2)16-18-38)25-9-7-24(8-10-25)33-29-32-12-11-27(34-29)22-19-23(30)21-26(20-22)37-13-5-4-6-14-37/h3-5,7-12,19-21H,1,6,13-18H2,2H3,(H2,31,35)(H,32,33,34). The minimum atomic E-state index is -0.288. The van der Waals surface area contributed by atoms with E-state index in [-0.39, 0.29) is 5.82 Å². The van der Waals surface area contributed by atoms with Crippen LogP contribution in [0.25, 0.3) is 11.3 Å². The number of piperazine rings is 1. The molecule has 0 bridgehead atoms. The van der Waals surface area contributed by atoms with E-state index < -0.39 is 0 Å². The number of hydrazone groups is 1. The van der Waals surface area contributed by atoms with Gasteiger partial charge in [0.1, 0.15) is 5.82 Å². The molecule has 3 N–H and O–H groups in total. The van der Waals surface area contributed by atoms with Crippen LogP contribution in [0.3, 0.4) is 0 Å². The number of hydrogen-bond acceptors (Lipinski definition) is 7. The van der Waals surface area contributed by atoms with Crippen molar-refractivity contribution in [3.05, 3.63) is 85.5 Å². The van der Waals surface area contributed by atoms with Gasteiger partial charge in [0.2, 0.25) is 11.9 Å². The number of nitrogens with one attached hydrogen (secondary N) is 1. The number of likely N-dealkylation sites (N-methyl/N-ethyl adjacent to an activating group) is 1. The van der Waals surface area contributed by atoms with Gasteiger partial charge in [0, 0.05) is 68.6 Å². The van der Waals surface area contributed by atoms with Gasteiger partial charge in [0.25, 0.3) is 0 Å². The number of aromatic nitrogens is 2. The molecule has 9 nitrogen and oxygen atoms in total. The maximum atomic E-state index is 14.5. The van der Waals surface area contributed by atoms with E-state index in [0.717, 1.165) is 62.8 Å². The molecule has 10 heteroatoms. The van der Waals surface area contributed by atoms with E-state index in [1.165, 1.54) is 6.07 Å². The molecule has 3 heterocycles. The van der Waals surface area contributed by atoms with Crippen LogP contribution in [0.5, 0.6) is 0 Å². The summed E-state index contributed by atoms with van der Waals surface area (Å²) in [6.07, 6.45) is 8.51. The van der Waals surface area contributed by atoms with E-state index in [1.54, 1.807) is 29.5 Å². The van der Waals surface area contributed by atoms with Gasteiger partial charge < -0.3 is 25.8 Å². The number of anilines is 4. The van der Waals surface area contributed by atoms with Crippen molar-refractivity contribution in [2.75, 3.05) is 61.5 Å². The van der Waals surface area contributed by atoms with Gasteiger partial charge in [-0.1, -0.05) is 18.7 Å². The molecule has 2 aliphatic heterocycles. The third-order valence-corrected chi connectivity index (χ3v) is 6.86. The Hall–Kier alpha value is -4.44. The molecule has 202 valence electrons.